The Morgan fingerprint density at radius 3 is 2.59 bits per heavy atom. The molecule has 3 rings (SSSR count). The normalized spacial score (nSPS) is 12.1. The molecule has 1 N–H and O–H groups in total. The van der Waals surface area contributed by atoms with Gasteiger partial charge >= 0.3 is 0 Å². The zero-order valence-corrected chi connectivity index (χ0v) is 16.6. The smallest absolute Gasteiger partial charge is 0.252 e. The van der Waals surface area contributed by atoms with Crippen LogP contribution in [0.3, 0.4) is 0 Å². The quantitative estimate of drug-likeness (QED) is 0.492. The molecule has 1 aromatic heterocycles. The lowest BCUT2D eigenvalue weighted by Crippen LogP contribution is -2.32. The number of halogens is 1. The predicted molar refractivity (Wildman–Crippen MR) is 113 cm³/mol. The van der Waals surface area contributed by atoms with Gasteiger partial charge in [0.2, 0.25) is 0 Å². The molecule has 0 saturated heterocycles. The van der Waals surface area contributed by atoms with E-state index in [1.807, 2.05) is 54.6 Å². The van der Waals surface area contributed by atoms with Crippen LogP contribution in [0.25, 0.3) is 22.2 Å². The van der Waals surface area contributed by atoms with Gasteiger partial charge in [0.05, 0.1) is 16.8 Å². The van der Waals surface area contributed by atoms with Crippen molar-refractivity contribution in [1.82, 2.24) is 10.3 Å². The fourth-order valence-corrected chi connectivity index (χ4v) is 3.33. The maximum absolute atomic E-state index is 13.0. The molecule has 0 aliphatic rings. The highest BCUT2D eigenvalue weighted by atomic mass is 35.5. The number of fused-ring (bicyclic) bond motifs is 1. The number of carbonyl (C=O) groups excluding carboxylic acids is 1. The second-order valence-corrected chi connectivity index (χ2v) is 7.39. The monoisotopic (exact) mass is 380 g/mol. The van der Waals surface area contributed by atoms with Gasteiger partial charge in [0.25, 0.3) is 5.91 Å². The fraction of sp³-hybridized carbons (Fsp3) is 0.304. The molecule has 0 saturated carbocycles. The Morgan fingerprint density at radius 2 is 1.85 bits per heavy atom. The molecule has 0 radical (unpaired) electrons. The predicted octanol–water partition coefficient (Wildman–Crippen LogP) is 6.25. The van der Waals surface area contributed by atoms with Gasteiger partial charge in [-0.25, -0.2) is 4.98 Å². The Hall–Kier alpha value is -2.39. The summed E-state index contributed by atoms with van der Waals surface area (Å²) in [6.45, 7) is 4.25. The number of aromatic nitrogens is 1. The maximum Gasteiger partial charge on any atom is 0.252 e. The molecule has 0 bridgehead atoms. The van der Waals surface area contributed by atoms with Crippen LogP contribution in [0.5, 0.6) is 0 Å². The number of hydrogen-bond acceptors (Lipinski definition) is 2. The highest BCUT2D eigenvalue weighted by molar-refractivity contribution is 6.30. The molecule has 4 heteroatoms. The van der Waals surface area contributed by atoms with Crippen molar-refractivity contribution in [2.24, 2.45) is 0 Å². The molecule has 0 fully saturated rings. The summed E-state index contributed by atoms with van der Waals surface area (Å²) < 4.78 is 0. The first-order valence-corrected chi connectivity index (χ1v) is 9.93. The number of para-hydroxylation sites is 1. The van der Waals surface area contributed by atoms with E-state index >= 15 is 0 Å². The second-order valence-electron chi connectivity index (χ2n) is 6.95. The van der Waals surface area contributed by atoms with Crippen molar-refractivity contribution in [3.05, 3.63) is 65.2 Å². The van der Waals surface area contributed by atoms with Crippen LogP contribution in [0.2, 0.25) is 5.02 Å². The minimum Gasteiger partial charge on any atom is -0.350 e. The topological polar surface area (TPSA) is 42.0 Å². The summed E-state index contributed by atoms with van der Waals surface area (Å²) in [5, 5.41) is 4.70. The van der Waals surface area contributed by atoms with Crippen LogP contribution in [0.1, 0.15) is 49.9 Å². The molecule has 1 unspecified atom stereocenters. The van der Waals surface area contributed by atoms with Crippen molar-refractivity contribution in [3.8, 4) is 11.3 Å². The summed E-state index contributed by atoms with van der Waals surface area (Å²) in [5.41, 5.74) is 3.19. The molecule has 0 aliphatic heterocycles. The molecule has 3 aromatic rings. The summed E-state index contributed by atoms with van der Waals surface area (Å²) >= 11 is 6.00. The van der Waals surface area contributed by atoms with Crippen molar-refractivity contribution in [2.75, 3.05) is 0 Å². The second kappa shape index (κ2) is 9.01. The number of amides is 1. The maximum atomic E-state index is 13.0. The first-order valence-electron chi connectivity index (χ1n) is 9.55. The van der Waals surface area contributed by atoms with E-state index < -0.39 is 0 Å². The Kier molecular flexibility index (Phi) is 6.46. The van der Waals surface area contributed by atoms with Crippen molar-refractivity contribution in [3.63, 3.8) is 0 Å². The Balaban J connectivity index is 1.93. The van der Waals surface area contributed by atoms with Gasteiger partial charge in [-0.3, -0.25) is 4.79 Å². The van der Waals surface area contributed by atoms with E-state index in [9.17, 15) is 4.79 Å². The van der Waals surface area contributed by atoms with Gasteiger partial charge in [-0.15, -0.1) is 0 Å². The number of benzene rings is 2. The van der Waals surface area contributed by atoms with Gasteiger partial charge in [0.1, 0.15) is 0 Å². The minimum absolute atomic E-state index is 0.0483. The van der Waals surface area contributed by atoms with Gasteiger partial charge in [-0.1, -0.05) is 68.1 Å². The minimum atomic E-state index is -0.0483. The summed E-state index contributed by atoms with van der Waals surface area (Å²) in [4.78, 5) is 17.7. The first kappa shape index (κ1) is 19.4. The van der Waals surface area contributed by atoms with Crippen LogP contribution in [-0.4, -0.2) is 16.9 Å². The molecular weight excluding hydrogens is 356 g/mol. The van der Waals surface area contributed by atoms with E-state index in [2.05, 4.69) is 19.2 Å². The fourth-order valence-electron chi connectivity index (χ4n) is 3.21. The van der Waals surface area contributed by atoms with Gasteiger partial charge in [0, 0.05) is 22.0 Å². The Bertz CT molecular complexity index is 921. The molecule has 1 amide bonds. The third kappa shape index (κ3) is 4.86. The van der Waals surface area contributed by atoms with Crippen molar-refractivity contribution in [1.29, 1.82) is 0 Å². The highest BCUT2D eigenvalue weighted by Gasteiger charge is 2.15. The summed E-state index contributed by atoms with van der Waals surface area (Å²) in [5.74, 6) is -0.0483. The van der Waals surface area contributed by atoms with E-state index in [1.54, 1.807) is 0 Å². The van der Waals surface area contributed by atoms with Crippen molar-refractivity contribution >= 4 is 28.4 Å². The standard InChI is InChI=1S/C23H25ClN2O/c1-3-4-5-8-16(2)25-23(27)20-15-22(17-11-13-18(24)14-12-17)26-21-10-7-6-9-19(20)21/h6-7,9-16H,3-5,8H2,1-2H3,(H,25,27). The lowest BCUT2D eigenvalue weighted by Gasteiger charge is -2.15. The van der Waals surface area contributed by atoms with Crippen LogP contribution in [0, 0.1) is 0 Å². The Labute approximate surface area is 165 Å². The zero-order chi connectivity index (χ0) is 19.2. The number of unbranched alkanes of at least 4 members (excludes halogenated alkanes) is 2. The lowest BCUT2D eigenvalue weighted by molar-refractivity contribution is 0.0939. The lowest BCUT2D eigenvalue weighted by atomic mass is 10.0. The summed E-state index contributed by atoms with van der Waals surface area (Å²) in [6, 6.07) is 17.3. The molecule has 2 aromatic carbocycles. The number of nitrogens with one attached hydrogen (secondary N) is 1. The van der Waals surface area contributed by atoms with Crippen LogP contribution in [0.15, 0.2) is 54.6 Å². The SMILES string of the molecule is CCCCCC(C)NC(=O)c1cc(-c2ccc(Cl)cc2)nc2ccccc12. The molecule has 0 aliphatic carbocycles. The van der Waals surface area contributed by atoms with Crippen LogP contribution in [0.4, 0.5) is 0 Å². The number of hydrogen-bond donors (Lipinski definition) is 1. The van der Waals surface area contributed by atoms with Crippen LogP contribution >= 0.6 is 11.6 Å². The number of carbonyl (C=O) groups is 1. The van der Waals surface area contributed by atoms with Crippen molar-refractivity contribution in [2.45, 2.75) is 45.6 Å². The molecular formula is C23H25ClN2O. The molecule has 27 heavy (non-hydrogen) atoms. The van der Waals surface area contributed by atoms with Crippen LogP contribution in [-0.2, 0) is 0 Å². The third-order valence-corrected chi connectivity index (χ3v) is 4.97. The van der Waals surface area contributed by atoms with E-state index in [0.29, 0.717) is 10.6 Å². The van der Waals surface area contributed by atoms with Crippen LogP contribution < -0.4 is 5.32 Å². The first-order chi connectivity index (χ1) is 13.1. The molecule has 0 spiro atoms. The number of rotatable bonds is 7. The highest BCUT2D eigenvalue weighted by Crippen LogP contribution is 2.26. The average Bonchev–Trinajstić information content (AvgIpc) is 2.68. The van der Waals surface area contributed by atoms with E-state index in [4.69, 9.17) is 16.6 Å². The number of pyridine rings is 1. The number of nitrogens with zero attached hydrogens (tertiary/aromatic N) is 1. The van der Waals surface area contributed by atoms with Gasteiger partial charge < -0.3 is 5.32 Å². The van der Waals surface area contributed by atoms with E-state index in [0.717, 1.165) is 35.0 Å². The van der Waals surface area contributed by atoms with Gasteiger partial charge in [-0.05, 0) is 37.6 Å². The molecule has 1 heterocycles. The average molecular weight is 381 g/mol. The molecule has 3 nitrogen and oxygen atoms in total. The third-order valence-electron chi connectivity index (χ3n) is 4.72. The Morgan fingerprint density at radius 1 is 1.11 bits per heavy atom. The van der Waals surface area contributed by atoms with Gasteiger partial charge in [-0.2, -0.15) is 0 Å². The van der Waals surface area contributed by atoms with Gasteiger partial charge in [0.15, 0.2) is 0 Å². The van der Waals surface area contributed by atoms with Crippen molar-refractivity contribution < 1.29 is 4.79 Å². The molecule has 1 atom stereocenters. The summed E-state index contributed by atoms with van der Waals surface area (Å²) in [7, 11) is 0. The summed E-state index contributed by atoms with van der Waals surface area (Å²) in [6.07, 6.45) is 4.50. The van der Waals surface area contributed by atoms with E-state index in [1.165, 1.54) is 12.8 Å². The largest absolute Gasteiger partial charge is 0.350 e. The van der Waals surface area contributed by atoms with E-state index in [-0.39, 0.29) is 11.9 Å². The molecule has 140 valence electrons. The zero-order valence-electron chi connectivity index (χ0n) is 15.8.